The fourth-order valence-corrected chi connectivity index (χ4v) is 2.25. The molecule has 0 bridgehead atoms. The van der Waals surface area contributed by atoms with Gasteiger partial charge in [0.05, 0.1) is 0 Å². The summed E-state index contributed by atoms with van der Waals surface area (Å²) in [7, 11) is 0. The second kappa shape index (κ2) is 7.71. The van der Waals surface area contributed by atoms with Crippen molar-refractivity contribution in [3.8, 4) is 5.75 Å². The maximum Gasteiger partial charge on any atom is 0.387 e. The minimum absolute atomic E-state index is 0. The summed E-state index contributed by atoms with van der Waals surface area (Å²) in [6, 6.07) is 4.53. The lowest BCUT2D eigenvalue weighted by Crippen LogP contribution is -2.48. The third kappa shape index (κ3) is 4.85. The molecule has 1 aliphatic rings. The smallest absolute Gasteiger partial charge is 0.387 e. The Labute approximate surface area is 122 Å². The molecule has 1 fully saturated rings. The number of piperazine rings is 1. The molecule has 0 amide bonds. The van der Waals surface area contributed by atoms with Gasteiger partial charge in [-0.05, 0) is 24.6 Å². The van der Waals surface area contributed by atoms with E-state index in [1.165, 1.54) is 12.1 Å². The van der Waals surface area contributed by atoms with Crippen molar-refractivity contribution >= 4 is 12.4 Å². The summed E-state index contributed by atoms with van der Waals surface area (Å²) in [5, 5.41) is 3.32. The third-order valence-corrected chi connectivity index (χ3v) is 3.07. The second-order valence-electron chi connectivity index (χ2n) is 4.73. The molecule has 114 valence electrons. The molecule has 1 atom stereocenters. The highest BCUT2D eigenvalue weighted by Gasteiger charge is 2.16. The van der Waals surface area contributed by atoms with Crippen LogP contribution in [-0.2, 0) is 6.54 Å². The molecule has 0 aromatic heterocycles. The van der Waals surface area contributed by atoms with Gasteiger partial charge in [-0.25, -0.2) is 4.39 Å². The van der Waals surface area contributed by atoms with E-state index >= 15 is 0 Å². The SMILES string of the molecule is CC1CN(Cc2ccc(OC(F)F)c(F)c2)CCN1.Cl. The van der Waals surface area contributed by atoms with Crippen LogP contribution in [0, 0.1) is 5.82 Å². The van der Waals surface area contributed by atoms with E-state index in [1.54, 1.807) is 6.07 Å². The van der Waals surface area contributed by atoms with Gasteiger partial charge in [-0.3, -0.25) is 4.90 Å². The van der Waals surface area contributed by atoms with Crippen molar-refractivity contribution in [2.24, 2.45) is 0 Å². The van der Waals surface area contributed by atoms with Gasteiger partial charge in [0, 0.05) is 32.2 Å². The predicted molar refractivity (Wildman–Crippen MR) is 73.0 cm³/mol. The van der Waals surface area contributed by atoms with Crippen LogP contribution in [0.3, 0.4) is 0 Å². The summed E-state index contributed by atoms with van der Waals surface area (Å²) in [4.78, 5) is 2.20. The lowest BCUT2D eigenvalue weighted by atomic mass is 10.1. The van der Waals surface area contributed by atoms with Gasteiger partial charge in [-0.1, -0.05) is 6.07 Å². The Morgan fingerprint density at radius 2 is 2.20 bits per heavy atom. The molecular weight excluding hydrogens is 293 g/mol. The zero-order chi connectivity index (χ0) is 13.8. The normalized spacial score (nSPS) is 19.8. The van der Waals surface area contributed by atoms with Gasteiger partial charge in [0.2, 0.25) is 0 Å². The summed E-state index contributed by atoms with van der Waals surface area (Å²) in [6.45, 7) is 2.37. The Balaban J connectivity index is 0.00000200. The van der Waals surface area contributed by atoms with E-state index in [2.05, 4.69) is 21.9 Å². The summed E-state index contributed by atoms with van der Waals surface area (Å²) in [5.74, 6) is -1.16. The molecule has 0 radical (unpaired) electrons. The molecular formula is C13H18ClF3N2O. The van der Waals surface area contributed by atoms with Crippen molar-refractivity contribution in [3.63, 3.8) is 0 Å². The summed E-state index contributed by atoms with van der Waals surface area (Å²) in [5.41, 5.74) is 0.758. The molecule has 0 saturated carbocycles. The average molecular weight is 311 g/mol. The fraction of sp³-hybridized carbons (Fsp3) is 0.538. The molecule has 1 aromatic carbocycles. The first kappa shape index (κ1) is 17.1. The van der Waals surface area contributed by atoms with E-state index in [0.29, 0.717) is 12.6 Å². The molecule has 20 heavy (non-hydrogen) atoms. The van der Waals surface area contributed by atoms with Crippen LogP contribution in [0.4, 0.5) is 13.2 Å². The molecule has 1 unspecified atom stereocenters. The number of alkyl halides is 2. The van der Waals surface area contributed by atoms with Crippen LogP contribution in [0.25, 0.3) is 0 Å². The Bertz CT molecular complexity index is 434. The molecule has 1 aliphatic heterocycles. The number of nitrogens with zero attached hydrogens (tertiary/aromatic N) is 1. The second-order valence-corrected chi connectivity index (χ2v) is 4.73. The first-order valence-electron chi connectivity index (χ1n) is 6.23. The Kier molecular flexibility index (Phi) is 6.58. The van der Waals surface area contributed by atoms with Crippen LogP contribution in [-0.4, -0.2) is 37.2 Å². The minimum Gasteiger partial charge on any atom is -0.432 e. The zero-order valence-electron chi connectivity index (χ0n) is 11.1. The lowest BCUT2D eigenvalue weighted by molar-refractivity contribution is -0.0522. The van der Waals surface area contributed by atoms with Gasteiger partial charge >= 0.3 is 6.61 Å². The standard InChI is InChI=1S/C13H17F3N2O.ClH/c1-9-7-18(5-4-17-9)8-10-2-3-12(11(14)6-10)19-13(15)16;/h2-3,6,9,13,17H,4-5,7-8H2,1H3;1H. The maximum atomic E-state index is 13.6. The molecule has 1 heterocycles. The summed E-state index contributed by atoms with van der Waals surface area (Å²) >= 11 is 0. The van der Waals surface area contributed by atoms with Gasteiger partial charge in [0.15, 0.2) is 11.6 Å². The van der Waals surface area contributed by atoms with E-state index in [9.17, 15) is 13.2 Å². The zero-order valence-corrected chi connectivity index (χ0v) is 11.9. The number of hydrogen-bond donors (Lipinski definition) is 1. The van der Waals surface area contributed by atoms with E-state index in [0.717, 1.165) is 25.2 Å². The average Bonchev–Trinajstić information content (AvgIpc) is 2.32. The Morgan fingerprint density at radius 3 is 2.80 bits per heavy atom. The van der Waals surface area contributed by atoms with Crippen LogP contribution in [0.15, 0.2) is 18.2 Å². The summed E-state index contributed by atoms with van der Waals surface area (Å²) < 4.78 is 41.7. The number of halogens is 4. The first-order chi connectivity index (χ1) is 9.04. The van der Waals surface area contributed by atoms with Crippen LogP contribution >= 0.6 is 12.4 Å². The van der Waals surface area contributed by atoms with E-state index in [1.807, 2.05) is 0 Å². The number of rotatable bonds is 4. The number of ether oxygens (including phenoxy) is 1. The van der Waals surface area contributed by atoms with Gasteiger partial charge < -0.3 is 10.1 Å². The highest BCUT2D eigenvalue weighted by atomic mass is 35.5. The van der Waals surface area contributed by atoms with Crippen molar-refractivity contribution < 1.29 is 17.9 Å². The van der Waals surface area contributed by atoms with Crippen molar-refractivity contribution in [1.29, 1.82) is 0 Å². The predicted octanol–water partition coefficient (Wildman–Crippen LogP) is 2.64. The van der Waals surface area contributed by atoms with Crippen LogP contribution in [0.1, 0.15) is 12.5 Å². The quantitative estimate of drug-likeness (QED) is 0.925. The van der Waals surface area contributed by atoms with Gasteiger partial charge in [-0.15, -0.1) is 12.4 Å². The molecule has 0 aliphatic carbocycles. The largest absolute Gasteiger partial charge is 0.432 e. The fourth-order valence-electron chi connectivity index (χ4n) is 2.25. The van der Waals surface area contributed by atoms with E-state index in [4.69, 9.17) is 0 Å². The van der Waals surface area contributed by atoms with Crippen molar-refractivity contribution in [2.75, 3.05) is 19.6 Å². The van der Waals surface area contributed by atoms with E-state index in [-0.39, 0.29) is 12.4 Å². The third-order valence-electron chi connectivity index (χ3n) is 3.07. The lowest BCUT2D eigenvalue weighted by Gasteiger charge is -2.31. The highest BCUT2D eigenvalue weighted by Crippen LogP contribution is 2.21. The molecule has 3 nitrogen and oxygen atoms in total. The Morgan fingerprint density at radius 1 is 1.45 bits per heavy atom. The molecule has 1 N–H and O–H groups in total. The summed E-state index contributed by atoms with van der Waals surface area (Å²) in [6.07, 6.45) is 0. The van der Waals surface area contributed by atoms with Crippen molar-refractivity contribution in [2.45, 2.75) is 26.1 Å². The topological polar surface area (TPSA) is 24.5 Å². The number of hydrogen-bond acceptors (Lipinski definition) is 3. The van der Waals surface area contributed by atoms with Gasteiger partial charge in [0.25, 0.3) is 0 Å². The molecule has 7 heteroatoms. The van der Waals surface area contributed by atoms with Crippen molar-refractivity contribution in [1.82, 2.24) is 10.2 Å². The molecule has 1 aromatic rings. The molecule has 1 saturated heterocycles. The van der Waals surface area contributed by atoms with Gasteiger partial charge in [0.1, 0.15) is 0 Å². The maximum absolute atomic E-state index is 13.6. The van der Waals surface area contributed by atoms with Gasteiger partial charge in [-0.2, -0.15) is 8.78 Å². The Hall–Kier alpha value is -0.980. The minimum atomic E-state index is -3.01. The number of benzene rings is 1. The van der Waals surface area contributed by atoms with Crippen LogP contribution < -0.4 is 10.1 Å². The first-order valence-corrected chi connectivity index (χ1v) is 6.23. The van der Waals surface area contributed by atoms with Crippen LogP contribution in [0.5, 0.6) is 5.75 Å². The molecule has 0 spiro atoms. The van der Waals surface area contributed by atoms with Crippen molar-refractivity contribution in [3.05, 3.63) is 29.6 Å². The molecule has 2 rings (SSSR count). The monoisotopic (exact) mass is 310 g/mol. The highest BCUT2D eigenvalue weighted by molar-refractivity contribution is 5.85. The number of nitrogens with one attached hydrogen (secondary N) is 1. The van der Waals surface area contributed by atoms with E-state index < -0.39 is 18.2 Å². The van der Waals surface area contributed by atoms with Crippen LogP contribution in [0.2, 0.25) is 0 Å².